The number of piperidine rings is 1. The molecule has 0 atom stereocenters. The van der Waals surface area contributed by atoms with Crippen LogP contribution in [0, 0.1) is 6.92 Å². The van der Waals surface area contributed by atoms with E-state index in [0.29, 0.717) is 12.0 Å². The highest BCUT2D eigenvalue weighted by atomic mass is 32.1. The molecule has 0 bridgehead atoms. The van der Waals surface area contributed by atoms with E-state index in [9.17, 15) is 0 Å². The topological polar surface area (TPSA) is 99.5 Å². The number of hydrogen-bond acceptors (Lipinski definition) is 9. The first-order valence-electron chi connectivity index (χ1n) is 16.6. The third kappa shape index (κ3) is 6.11. The van der Waals surface area contributed by atoms with Gasteiger partial charge < -0.3 is 24.8 Å². The fourth-order valence-corrected chi connectivity index (χ4v) is 7.52. The predicted octanol–water partition coefficient (Wildman–Crippen LogP) is 7.58. The predicted molar refractivity (Wildman–Crippen MR) is 198 cm³/mol. The smallest absolute Gasteiger partial charge is 0.227 e. The zero-order valence-electron chi connectivity index (χ0n) is 28.1. The average Bonchev–Trinajstić information content (AvgIpc) is 3.84. The molecule has 0 aliphatic carbocycles. The van der Waals surface area contributed by atoms with Gasteiger partial charge in [-0.2, -0.15) is 0 Å². The van der Waals surface area contributed by atoms with Crippen molar-refractivity contribution in [3.63, 3.8) is 0 Å². The summed E-state index contributed by atoms with van der Waals surface area (Å²) in [4.78, 5) is 28.7. The van der Waals surface area contributed by atoms with Crippen LogP contribution in [0.25, 0.3) is 38.6 Å². The summed E-state index contributed by atoms with van der Waals surface area (Å²) >= 11 is 1.60. The normalized spacial score (nSPS) is 13.9. The Bertz CT molecular complexity index is 2260. The van der Waals surface area contributed by atoms with Crippen LogP contribution in [-0.2, 0) is 6.42 Å². The summed E-state index contributed by atoms with van der Waals surface area (Å²) in [5.74, 6) is 2.17. The van der Waals surface area contributed by atoms with Crippen LogP contribution >= 0.6 is 11.3 Å². The van der Waals surface area contributed by atoms with Crippen LogP contribution < -0.4 is 15.0 Å². The maximum atomic E-state index is 5.84. The first-order chi connectivity index (χ1) is 23.9. The second-order valence-corrected chi connectivity index (χ2v) is 13.7. The number of imidazole rings is 2. The molecule has 1 aliphatic heterocycles. The number of methoxy groups -OCH3 is 1. The number of aromatic amines is 1. The van der Waals surface area contributed by atoms with Gasteiger partial charge >= 0.3 is 0 Å². The van der Waals surface area contributed by atoms with Crippen LogP contribution in [0.3, 0.4) is 0 Å². The number of H-pyrrole nitrogens is 1. The van der Waals surface area contributed by atoms with E-state index < -0.39 is 0 Å². The van der Waals surface area contributed by atoms with Crippen molar-refractivity contribution in [2.75, 3.05) is 44.5 Å². The molecule has 4 aromatic heterocycles. The molecule has 7 aromatic rings. The molecule has 0 unspecified atom stereocenters. The highest BCUT2D eigenvalue weighted by molar-refractivity contribution is 7.15. The fourth-order valence-electron chi connectivity index (χ4n) is 6.81. The molecule has 0 spiro atoms. The maximum Gasteiger partial charge on any atom is 0.227 e. The third-order valence-corrected chi connectivity index (χ3v) is 10.3. The number of hydrogen-bond donors (Lipinski definition) is 2. The fraction of sp³-hybridized carbons (Fsp3) is 0.263. The Labute approximate surface area is 289 Å². The highest BCUT2D eigenvalue weighted by Gasteiger charge is 2.23. The lowest BCUT2D eigenvalue weighted by Crippen LogP contribution is -2.41. The van der Waals surface area contributed by atoms with Crippen molar-refractivity contribution in [1.82, 2.24) is 34.2 Å². The lowest BCUT2D eigenvalue weighted by Gasteiger charge is -2.36. The van der Waals surface area contributed by atoms with Crippen LogP contribution in [0.4, 0.5) is 17.3 Å². The summed E-state index contributed by atoms with van der Waals surface area (Å²) in [5, 5.41) is 5.46. The Kier molecular flexibility index (Phi) is 8.22. The van der Waals surface area contributed by atoms with E-state index in [-0.39, 0.29) is 0 Å². The van der Waals surface area contributed by atoms with Crippen molar-refractivity contribution in [3.8, 4) is 28.4 Å². The van der Waals surface area contributed by atoms with Gasteiger partial charge in [-0.1, -0.05) is 30.3 Å². The van der Waals surface area contributed by atoms with Gasteiger partial charge in [-0.25, -0.2) is 19.9 Å². The van der Waals surface area contributed by atoms with Crippen LogP contribution in [0.1, 0.15) is 29.8 Å². The van der Waals surface area contributed by atoms with Crippen LogP contribution in [0.15, 0.2) is 84.5 Å². The molecule has 1 fully saturated rings. The molecule has 49 heavy (non-hydrogen) atoms. The van der Waals surface area contributed by atoms with Gasteiger partial charge in [0.15, 0.2) is 4.96 Å². The van der Waals surface area contributed by atoms with Crippen molar-refractivity contribution in [2.45, 2.75) is 32.2 Å². The Morgan fingerprint density at radius 3 is 2.67 bits per heavy atom. The van der Waals surface area contributed by atoms with E-state index in [2.05, 4.69) is 111 Å². The maximum absolute atomic E-state index is 5.84. The SMILES string of the molecule is COc1cc(N2CCC(N(C)C)CC2)ccc1Nc1nccc(-c2c(-c3ccc4nc(Cc5ccccc5C)[nH]c4c3)nc3sccn23)n1. The number of nitrogens with one attached hydrogen (secondary N) is 2. The van der Waals surface area contributed by atoms with Crippen LogP contribution in [0.5, 0.6) is 5.75 Å². The molecule has 248 valence electrons. The molecule has 8 rings (SSSR count). The van der Waals surface area contributed by atoms with Crippen molar-refractivity contribution in [3.05, 3.63) is 101 Å². The van der Waals surface area contributed by atoms with Gasteiger partial charge in [-0.15, -0.1) is 11.3 Å². The van der Waals surface area contributed by atoms with E-state index in [1.165, 1.54) is 11.1 Å². The van der Waals surface area contributed by atoms with Crippen molar-refractivity contribution in [2.24, 2.45) is 0 Å². The number of fused-ring (bicyclic) bond motifs is 2. The lowest BCUT2D eigenvalue weighted by atomic mass is 10.0. The third-order valence-electron chi connectivity index (χ3n) is 9.58. The summed E-state index contributed by atoms with van der Waals surface area (Å²) < 4.78 is 7.94. The molecule has 1 saturated heterocycles. The van der Waals surface area contributed by atoms with E-state index in [1.807, 2.05) is 17.6 Å². The summed E-state index contributed by atoms with van der Waals surface area (Å²) in [5.41, 5.74) is 9.93. The number of aryl methyl sites for hydroxylation is 1. The van der Waals surface area contributed by atoms with Crippen LogP contribution in [-0.4, -0.2) is 74.6 Å². The van der Waals surface area contributed by atoms with Crippen molar-refractivity contribution in [1.29, 1.82) is 0 Å². The average molecular weight is 670 g/mol. The van der Waals surface area contributed by atoms with Gasteiger partial charge in [-0.3, -0.25) is 4.40 Å². The molecule has 0 radical (unpaired) electrons. The van der Waals surface area contributed by atoms with Crippen molar-refractivity contribution < 1.29 is 4.74 Å². The summed E-state index contributed by atoms with van der Waals surface area (Å²) in [6, 6.07) is 23.6. The Morgan fingerprint density at radius 1 is 1.00 bits per heavy atom. The molecule has 1 aliphatic rings. The van der Waals surface area contributed by atoms with Gasteiger partial charge in [0.05, 0.1) is 35.2 Å². The Morgan fingerprint density at radius 2 is 1.86 bits per heavy atom. The molecule has 10 nitrogen and oxygen atoms in total. The van der Waals surface area contributed by atoms with E-state index in [0.717, 1.165) is 93.9 Å². The molecule has 3 aromatic carbocycles. The molecular weight excluding hydrogens is 631 g/mol. The van der Waals surface area contributed by atoms with Crippen LogP contribution in [0.2, 0.25) is 0 Å². The minimum Gasteiger partial charge on any atom is -0.494 e. The molecule has 0 saturated carbocycles. The highest BCUT2D eigenvalue weighted by Crippen LogP contribution is 2.36. The van der Waals surface area contributed by atoms with Gasteiger partial charge in [0.2, 0.25) is 5.95 Å². The zero-order chi connectivity index (χ0) is 33.5. The second kappa shape index (κ2) is 13.0. The number of aromatic nitrogens is 6. The minimum atomic E-state index is 0.483. The zero-order valence-corrected chi connectivity index (χ0v) is 29.0. The molecule has 2 N–H and O–H groups in total. The van der Waals surface area contributed by atoms with Gasteiger partial charge in [0.1, 0.15) is 17.3 Å². The lowest BCUT2D eigenvalue weighted by molar-refractivity contribution is 0.249. The second-order valence-electron chi connectivity index (χ2n) is 12.8. The standard InChI is InChI=1S/C38H39N9OS/c1-24-7-5-6-8-25(24)22-34-40-29-11-9-26(21-32(29)41-34)35-36(47-19-20-49-38(47)44-35)31-13-16-39-37(43-31)42-30-12-10-28(23-33(30)48-4)46-17-14-27(15-18-46)45(2)3/h5-13,16,19-21,23,27H,14-15,17-18,22H2,1-4H3,(H,40,41)(H,39,42,43). The minimum absolute atomic E-state index is 0.483. The van der Waals surface area contributed by atoms with E-state index >= 15 is 0 Å². The summed E-state index contributed by atoms with van der Waals surface area (Å²) in [6.07, 6.45) is 6.87. The van der Waals surface area contributed by atoms with E-state index in [4.69, 9.17) is 19.7 Å². The number of nitrogens with zero attached hydrogens (tertiary/aromatic N) is 7. The number of anilines is 3. The first kappa shape index (κ1) is 31.0. The van der Waals surface area contributed by atoms with E-state index in [1.54, 1.807) is 24.6 Å². The molecule has 11 heteroatoms. The molecule has 0 amide bonds. The number of ether oxygens (including phenoxy) is 1. The quantitative estimate of drug-likeness (QED) is 0.162. The van der Waals surface area contributed by atoms with Gasteiger partial charge in [0.25, 0.3) is 0 Å². The molecule has 5 heterocycles. The van der Waals surface area contributed by atoms with Crippen molar-refractivity contribution >= 4 is 44.7 Å². The van der Waals surface area contributed by atoms with Gasteiger partial charge in [-0.05, 0) is 75.3 Å². The Hall–Kier alpha value is -5.26. The Balaban J connectivity index is 1.08. The monoisotopic (exact) mass is 669 g/mol. The molecular formula is C38H39N9OS. The summed E-state index contributed by atoms with van der Waals surface area (Å²) in [7, 11) is 6.04. The number of rotatable bonds is 9. The largest absolute Gasteiger partial charge is 0.494 e. The summed E-state index contributed by atoms with van der Waals surface area (Å²) in [6.45, 7) is 4.19. The first-order valence-corrected chi connectivity index (χ1v) is 17.5. The van der Waals surface area contributed by atoms with Gasteiger partial charge in [0, 0.05) is 60.6 Å². The number of benzene rings is 3. The number of thiazole rings is 1.